The summed E-state index contributed by atoms with van der Waals surface area (Å²) in [4.78, 5) is 35.6. The molecule has 1 rings (SSSR count). The Labute approximate surface area is 118 Å². The van der Waals surface area contributed by atoms with Gasteiger partial charge in [0.05, 0.1) is 12.5 Å². The lowest BCUT2D eigenvalue weighted by Crippen LogP contribution is -2.44. The SMILES string of the molecule is CCN(C)C(=O)CNC(=O)NCC1CCCC1C(=O)O. The van der Waals surface area contributed by atoms with Crippen LogP contribution in [0.1, 0.15) is 26.2 Å². The summed E-state index contributed by atoms with van der Waals surface area (Å²) in [6.45, 7) is 2.72. The topological polar surface area (TPSA) is 98.7 Å². The van der Waals surface area contributed by atoms with Crippen molar-refractivity contribution in [2.75, 3.05) is 26.7 Å². The molecule has 2 atom stereocenters. The predicted octanol–water partition coefficient (Wildman–Crippen LogP) is 0.265. The standard InChI is InChI=1S/C13H23N3O4/c1-3-16(2)11(17)8-15-13(20)14-7-9-5-4-6-10(9)12(18)19/h9-10H,3-8H2,1-2H3,(H,18,19)(H2,14,15,20). The van der Waals surface area contributed by atoms with Gasteiger partial charge in [-0.3, -0.25) is 9.59 Å². The number of nitrogens with one attached hydrogen (secondary N) is 2. The molecule has 0 heterocycles. The monoisotopic (exact) mass is 285 g/mol. The maximum atomic E-state index is 11.6. The summed E-state index contributed by atoms with van der Waals surface area (Å²) in [5, 5.41) is 14.1. The molecule has 3 N–H and O–H groups in total. The fourth-order valence-electron chi connectivity index (χ4n) is 2.36. The third-order valence-corrected chi connectivity index (χ3v) is 3.80. The van der Waals surface area contributed by atoms with Gasteiger partial charge in [-0.05, 0) is 25.7 Å². The van der Waals surface area contributed by atoms with E-state index in [1.54, 1.807) is 7.05 Å². The Morgan fingerprint density at radius 2 is 1.95 bits per heavy atom. The van der Waals surface area contributed by atoms with Gasteiger partial charge in [-0.2, -0.15) is 0 Å². The van der Waals surface area contributed by atoms with Gasteiger partial charge in [0.2, 0.25) is 5.91 Å². The highest BCUT2D eigenvalue weighted by Gasteiger charge is 2.32. The number of hydrogen-bond donors (Lipinski definition) is 3. The number of carboxylic acid groups (broad SMARTS) is 1. The predicted molar refractivity (Wildman–Crippen MR) is 73.2 cm³/mol. The van der Waals surface area contributed by atoms with Crippen molar-refractivity contribution in [3.8, 4) is 0 Å². The molecular weight excluding hydrogens is 262 g/mol. The third kappa shape index (κ3) is 4.71. The van der Waals surface area contributed by atoms with E-state index in [-0.39, 0.29) is 24.3 Å². The van der Waals surface area contributed by atoms with Gasteiger partial charge in [0.25, 0.3) is 0 Å². The number of carbonyl (C=O) groups excluding carboxylic acids is 2. The van der Waals surface area contributed by atoms with Crippen molar-refractivity contribution in [2.45, 2.75) is 26.2 Å². The highest BCUT2D eigenvalue weighted by atomic mass is 16.4. The fourth-order valence-corrected chi connectivity index (χ4v) is 2.36. The van der Waals surface area contributed by atoms with Gasteiger partial charge in [0.15, 0.2) is 0 Å². The molecule has 0 aliphatic heterocycles. The fraction of sp³-hybridized carbons (Fsp3) is 0.769. The Kier molecular flexibility index (Phi) is 6.27. The first-order chi connectivity index (χ1) is 9.45. The highest BCUT2D eigenvalue weighted by molar-refractivity contribution is 5.83. The number of amides is 3. The summed E-state index contributed by atoms with van der Waals surface area (Å²) in [6.07, 6.45) is 2.36. The second-order valence-electron chi connectivity index (χ2n) is 5.11. The summed E-state index contributed by atoms with van der Waals surface area (Å²) in [6, 6.07) is -0.432. The quantitative estimate of drug-likeness (QED) is 0.652. The molecule has 7 heteroatoms. The first-order valence-corrected chi connectivity index (χ1v) is 6.94. The lowest BCUT2D eigenvalue weighted by atomic mass is 9.96. The van der Waals surface area contributed by atoms with Crippen LogP contribution in [0.2, 0.25) is 0 Å². The minimum absolute atomic E-state index is 0.0210. The molecule has 7 nitrogen and oxygen atoms in total. The van der Waals surface area contributed by atoms with Gasteiger partial charge >= 0.3 is 12.0 Å². The smallest absolute Gasteiger partial charge is 0.315 e. The van der Waals surface area contributed by atoms with Crippen LogP contribution in [-0.2, 0) is 9.59 Å². The number of nitrogens with zero attached hydrogens (tertiary/aromatic N) is 1. The number of rotatable bonds is 6. The van der Waals surface area contributed by atoms with Gasteiger partial charge in [-0.1, -0.05) is 6.42 Å². The number of carboxylic acids is 1. The highest BCUT2D eigenvalue weighted by Crippen LogP contribution is 2.31. The van der Waals surface area contributed by atoms with Crippen LogP contribution < -0.4 is 10.6 Å². The molecule has 2 unspecified atom stereocenters. The zero-order chi connectivity index (χ0) is 15.1. The normalized spacial score (nSPS) is 21.3. The van der Waals surface area contributed by atoms with E-state index in [1.165, 1.54) is 4.90 Å². The van der Waals surface area contributed by atoms with Crippen molar-refractivity contribution in [3.63, 3.8) is 0 Å². The maximum Gasteiger partial charge on any atom is 0.315 e. The van der Waals surface area contributed by atoms with Crippen LogP contribution in [0.15, 0.2) is 0 Å². The lowest BCUT2D eigenvalue weighted by Gasteiger charge is -2.17. The Balaban J connectivity index is 2.26. The first kappa shape index (κ1) is 16.3. The minimum Gasteiger partial charge on any atom is -0.481 e. The Morgan fingerprint density at radius 1 is 1.25 bits per heavy atom. The van der Waals surface area contributed by atoms with E-state index in [1.807, 2.05) is 6.92 Å². The van der Waals surface area contributed by atoms with Crippen molar-refractivity contribution < 1.29 is 19.5 Å². The molecule has 3 amide bonds. The zero-order valence-electron chi connectivity index (χ0n) is 12.0. The van der Waals surface area contributed by atoms with Gasteiger partial charge in [-0.15, -0.1) is 0 Å². The first-order valence-electron chi connectivity index (χ1n) is 6.94. The van der Waals surface area contributed by atoms with Crippen LogP contribution >= 0.6 is 0 Å². The average Bonchev–Trinajstić information content (AvgIpc) is 2.90. The van der Waals surface area contributed by atoms with Crippen molar-refractivity contribution in [1.82, 2.24) is 15.5 Å². The summed E-state index contributed by atoms with van der Waals surface area (Å²) in [7, 11) is 1.66. The molecule has 0 bridgehead atoms. The van der Waals surface area contributed by atoms with Crippen LogP contribution in [-0.4, -0.2) is 54.6 Å². The Bertz CT molecular complexity index is 373. The third-order valence-electron chi connectivity index (χ3n) is 3.80. The van der Waals surface area contributed by atoms with Crippen molar-refractivity contribution in [1.29, 1.82) is 0 Å². The van der Waals surface area contributed by atoms with E-state index in [0.717, 1.165) is 12.8 Å². The Hall–Kier alpha value is -1.79. The van der Waals surface area contributed by atoms with Gasteiger partial charge in [-0.25, -0.2) is 4.79 Å². The van der Waals surface area contributed by atoms with Crippen LogP contribution in [0.5, 0.6) is 0 Å². The van der Waals surface area contributed by atoms with E-state index in [2.05, 4.69) is 10.6 Å². The number of urea groups is 1. The van der Waals surface area contributed by atoms with Crippen molar-refractivity contribution in [3.05, 3.63) is 0 Å². The average molecular weight is 285 g/mol. The lowest BCUT2D eigenvalue weighted by molar-refractivity contribution is -0.142. The van der Waals surface area contributed by atoms with Crippen LogP contribution in [0.4, 0.5) is 4.79 Å². The van der Waals surface area contributed by atoms with Gasteiger partial charge in [0, 0.05) is 20.1 Å². The van der Waals surface area contributed by atoms with E-state index in [9.17, 15) is 14.4 Å². The maximum absolute atomic E-state index is 11.6. The molecule has 0 spiro atoms. The molecule has 0 radical (unpaired) electrons. The van der Waals surface area contributed by atoms with Crippen molar-refractivity contribution in [2.24, 2.45) is 11.8 Å². The van der Waals surface area contributed by atoms with E-state index >= 15 is 0 Å². The van der Waals surface area contributed by atoms with Crippen molar-refractivity contribution >= 4 is 17.9 Å². The van der Waals surface area contributed by atoms with Crippen LogP contribution in [0, 0.1) is 11.8 Å². The molecule has 1 fully saturated rings. The number of aliphatic carboxylic acids is 1. The van der Waals surface area contributed by atoms with Gasteiger partial charge < -0.3 is 20.6 Å². The number of hydrogen-bond acceptors (Lipinski definition) is 3. The molecule has 0 saturated heterocycles. The summed E-state index contributed by atoms with van der Waals surface area (Å²) >= 11 is 0. The number of likely N-dealkylation sites (N-methyl/N-ethyl adjacent to an activating group) is 1. The molecule has 0 aromatic rings. The summed E-state index contributed by atoms with van der Waals surface area (Å²) in [5.74, 6) is -1.35. The van der Waals surface area contributed by atoms with E-state index < -0.39 is 12.0 Å². The molecule has 0 aromatic carbocycles. The summed E-state index contributed by atoms with van der Waals surface area (Å²) in [5.41, 5.74) is 0. The molecule has 1 aliphatic carbocycles. The van der Waals surface area contributed by atoms with E-state index in [0.29, 0.717) is 19.5 Å². The Morgan fingerprint density at radius 3 is 2.55 bits per heavy atom. The second-order valence-corrected chi connectivity index (χ2v) is 5.11. The number of carbonyl (C=O) groups is 3. The summed E-state index contributed by atoms with van der Waals surface area (Å²) < 4.78 is 0. The molecule has 114 valence electrons. The van der Waals surface area contributed by atoms with Crippen LogP contribution in [0.3, 0.4) is 0 Å². The second kappa shape index (κ2) is 7.72. The largest absolute Gasteiger partial charge is 0.481 e. The molecule has 0 aromatic heterocycles. The molecule has 1 aliphatic rings. The molecule has 20 heavy (non-hydrogen) atoms. The molecular formula is C13H23N3O4. The van der Waals surface area contributed by atoms with E-state index in [4.69, 9.17) is 5.11 Å². The zero-order valence-corrected chi connectivity index (χ0v) is 12.0. The molecule has 1 saturated carbocycles. The van der Waals surface area contributed by atoms with Gasteiger partial charge in [0.1, 0.15) is 0 Å². The van der Waals surface area contributed by atoms with Crippen LogP contribution in [0.25, 0.3) is 0 Å². The minimum atomic E-state index is -0.797.